The highest BCUT2D eigenvalue weighted by molar-refractivity contribution is 8.29. The first-order chi connectivity index (χ1) is 11.4. The van der Waals surface area contributed by atoms with Gasteiger partial charge < -0.3 is 14.8 Å². The molecule has 1 amide bonds. The molecule has 24 heavy (non-hydrogen) atoms. The lowest BCUT2D eigenvalue weighted by Gasteiger charge is -2.17. The van der Waals surface area contributed by atoms with Gasteiger partial charge in [0, 0.05) is 11.4 Å². The largest absolute Gasteiger partial charge is 0.496 e. The summed E-state index contributed by atoms with van der Waals surface area (Å²) in [7, 11) is 0. The number of hydrogen-bond acceptors (Lipinski definition) is 6. The molecule has 0 aliphatic carbocycles. The Morgan fingerprint density at radius 1 is 1.42 bits per heavy atom. The lowest BCUT2D eigenvalue weighted by Crippen LogP contribution is -2.13. The highest BCUT2D eigenvalue weighted by atomic mass is 35.5. The van der Waals surface area contributed by atoms with Crippen molar-refractivity contribution in [2.75, 3.05) is 17.7 Å². The van der Waals surface area contributed by atoms with E-state index in [0.717, 1.165) is 27.5 Å². The molecule has 0 bridgehead atoms. The van der Waals surface area contributed by atoms with Crippen molar-refractivity contribution in [1.29, 1.82) is 0 Å². The molecule has 5 nitrogen and oxygen atoms in total. The van der Waals surface area contributed by atoms with Gasteiger partial charge in [0.2, 0.25) is 0 Å². The molecule has 1 aromatic carbocycles. The molecule has 0 unspecified atom stereocenters. The number of carbonyl (C=O) groups is 2. The molecule has 2 rings (SSSR count). The summed E-state index contributed by atoms with van der Waals surface area (Å²) in [6.07, 6.45) is -0.249. The number of carbonyl (C=O) groups excluding carboxylic acids is 2. The monoisotopic (exact) mass is 387 g/mol. The summed E-state index contributed by atoms with van der Waals surface area (Å²) in [5.74, 6) is 1.05. The molecule has 130 valence electrons. The molecule has 8 heteroatoms. The van der Waals surface area contributed by atoms with E-state index in [0.29, 0.717) is 12.3 Å². The Hall–Kier alpha value is -1.31. The van der Waals surface area contributed by atoms with E-state index >= 15 is 0 Å². The van der Waals surface area contributed by atoms with Crippen LogP contribution in [-0.4, -0.2) is 29.7 Å². The van der Waals surface area contributed by atoms with Crippen molar-refractivity contribution in [3.8, 4) is 0 Å². The van der Waals surface area contributed by atoms with Crippen LogP contribution >= 0.6 is 35.1 Å². The summed E-state index contributed by atoms with van der Waals surface area (Å²) in [6.45, 7) is 6.01. The normalized spacial score (nSPS) is 14.4. The zero-order chi connectivity index (χ0) is 17.7. The van der Waals surface area contributed by atoms with Gasteiger partial charge in [-0.05, 0) is 50.7 Å². The molecule has 1 aliphatic heterocycles. The Morgan fingerprint density at radius 3 is 2.83 bits per heavy atom. The standard InChI is InChI=1S/C16H18ClNO4S2/c1-9(2)22-14(19)12-8-11(4-5-13(12)17)18-16(20)24-15-10(3)21-6-7-23-15/h4-5,8-9H,6-7H2,1-3H3,(H,18,20). The molecule has 1 heterocycles. The number of allylic oxidation sites excluding steroid dienone is 1. The fraction of sp³-hybridized carbons (Fsp3) is 0.375. The molecule has 0 saturated heterocycles. The molecular weight excluding hydrogens is 370 g/mol. The van der Waals surface area contributed by atoms with Crippen LogP contribution in [0.5, 0.6) is 0 Å². The van der Waals surface area contributed by atoms with E-state index in [1.165, 1.54) is 6.07 Å². The van der Waals surface area contributed by atoms with Gasteiger partial charge in [-0.2, -0.15) is 0 Å². The zero-order valence-corrected chi connectivity index (χ0v) is 15.9. The number of amides is 1. The van der Waals surface area contributed by atoms with Crippen LogP contribution in [0.4, 0.5) is 10.5 Å². The maximum atomic E-state index is 12.2. The van der Waals surface area contributed by atoms with Crippen molar-refractivity contribution < 1.29 is 19.1 Å². The summed E-state index contributed by atoms with van der Waals surface area (Å²) in [5.41, 5.74) is 0.700. The van der Waals surface area contributed by atoms with Crippen LogP contribution in [0.3, 0.4) is 0 Å². The molecule has 0 fully saturated rings. The molecule has 1 N–H and O–H groups in total. The Morgan fingerprint density at radius 2 is 2.17 bits per heavy atom. The molecular formula is C16H18ClNO4S2. The maximum absolute atomic E-state index is 12.2. The van der Waals surface area contributed by atoms with Crippen LogP contribution in [0.25, 0.3) is 0 Å². The average Bonchev–Trinajstić information content (AvgIpc) is 2.50. The maximum Gasteiger partial charge on any atom is 0.339 e. The third kappa shape index (κ3) is 5.36. The van der Waals surface area contributed by atoms with Crippen LogP contribution in [0, 0.1) is 0 Å². The first-order valence-electron chi connectivity index (χ1n) is 7.32. The van der Waals surface area contributed by atoms with Gasteiger partial charge in [-0.25, -0.2) is 4.79 Å². The summed E-state index contributed by atoms with van der Waals surface area (Å²) in [5, 5.41) is 2.76. The minimum Gasteiger partial charge on any atom is -0.496 e. The molecule has 1 aromatic rings. The van der Waals surface area contributed by atoms with Crippen molar-refractivity contribution in [2.24, 2.45) is 0 Å². The highest BCUT2D eigenvalue weighted by Gasteiger charge is 2.18. The van der Waals surface area contributed by atoms with E-state index in [-0.39, 0.29) is 21.9 Å². The van der Waals surface area contributed by atoms with Crippen LogP contribution in [-0.2, 0) is 9.47 Å². The average molecular weight is 388 g/mol. The molecule has 0 spiro atoms. The van der Waals surface area contributed by atoms with E-state index in [1.807, 2.05) is 6.92 Å². The number of benzene rings is 1. The van der Waals surface area contributed by atoms with Crippen LogP contribution < -0.4 is 5.32 Å². The number of hydrogen-bond donors (Lipinski definition) is 1. The smallest absolute Gasteiger partial charge is 0.339 e. The predicted molar refractivity (Wildman–Crippen MR) is 99.7 cm³/mol. The van der Waals surface area contributed by atoms with E-state index < -0.39 is 5.97 Å². The predicted octanol–water partition coefficient (Wildman–Crippen LogP) is 5.12. The number of anilines is 1. The number of halogens is 1. The second kappa shape index (κ2) is 8.69. The second-order valence-corrected chi connectivity index (χ2v) is 7.96. The first kappa shape index (κ1) is 19.0. The van der Waals surface area contributed by atoms with E-state index in [2.05, 4.69) is 5.32 Å². The Labute approximate surface area is 154 Å². The van der Waals surface area contributed by atoms with Crippen molar-refractivity contribution >= 4 is 52.0 Å². The Bertz CT molecular complexity index is 676. The van der Waals surface area contributed by atoms with E-state index in [1.54, 1.807) is 37.7 Å². The van der Waals surface area contributed by atoms with Gasteiger partial charge >= 0.3 is 5.97 Å². The molecule has 0 atom stereocenters. The molecule has 0 aromatic heterocycles. The fourth-order valence-electron chi connectivity index (χ4n) is 1.86. The number of nitrogens with one attached hydrogen (secondary N) is 1. The van der Waals surface area contributed by atoms with Gasteiger partial charge in [-0.15, -0.1) is 11.8 Å². The van der Waals surface area contributed by atoms with Gasteiger partial charge in [0.25, 0.3) is 5.24 Å². The van der Waals surface area contributed by atoms with Gasteiger partial charge in [0.15, 0.2) is 0 Å². The van der Waals surface area contributed by atoms with Crippen LogP contribution in [0.1, 0.15) is 31.1 Å². The quantitative estimate of drug-likeness (QED) is 0.723. The summed E-state index contributed by atoms with van der Waals surface area (Å²) >= 11 is 8.70. The second-order valence-electron chi connectivity index (χ2n) is 5.20. The summed E-state index contributed by atoms with van der Waals surface area (Å²) in [6, 6.07) is 4.71. The van der Waals surface area contributed by atoms with Crippen molar-refractivity contribution in [3.05, 3.63) is 38.8 Å². The Kier molecular flexibility index (Phi) is 6.89. The third-order valence-electron chi connectivity index (χ3n) is 2.88. The van der Waals surface area contributed by atoms with Gasteiger partial charge in [-0.1, -0.05) is 11.6 Å². The van der Waals surface area contributed by atoms with Crippen molar-refractivity contribution in [1.82, 2.24) is 0 Å². The summed E-state index contributed by atoms with van der Waals surface area (Å²) < 4.78 is 11.4. The lowest BCUT2D eigenvalue weighted by molar-refractivity contribution is 0.0378. The Balaban J connectivity index is 2.07. The zero-order valence-electron chi connectivity index (χ0n) is 13.6. The van der Waals surface area contributed by atoms with Crippen LogP contribution in [0.15, 0.2) is 28.2 Å². The lowest BCUT2D eigenvalue weighted by atomic mass is 10.2. The number of rotatable bonds is 4. The van der Waals surface area contributed by atoms with Crippen molar-refractivity contribution in [2.45, 2.75) is 26.9 Å². The van der Waals surface area contributed by atoms with E-state index in [4.69, 9.17) is 21.1 Å². The van der Waals surface area contributed by atoms with Gasteiger partial charge in [0.05, 0.1) is 27.5 Å². The number of ether oxygens (including phenoxy) is 2. The van der Waals surface area contributed by atoms with Crippen molar-refractivity contribution in [3.63, 3.8) is 0 Å². The SMILES string of the molecule is CC1=C(SC(=O)Nc2ccc(Cl)c(C(=O)OC(C)C)c2)SCCO1. The molecule has 1 aliphatic rings. The molecule has 0 radical (unpaired) electrons. The van der Waals surface area contributed by atoms with E-state index in [9.17, 15) is 9.59 Å². The number of thioether (sulfide) groups is 2. The third-order valence-corrected chi connectivity index (χ3v) is 5.50. The topological polar surface area (TPSA) is 64.6 Å². The van der Waals surface area contributed by atoms with Crippen LogP contribution in [0.2, 0.25) is 5.02 Å². The van der Waals surface area contributed by atoms with Gasteiger partial charge in [-0.3, -0.25) is 4.79 Å². The first-order valence-corrected chi connectivity index (χ1v) is 9.50. The minimum absolute atomic E-state index is 0.221. The van der Waals surface area contributed by atoms with Gasteiger partial charge in [0.1, 0.15) is 5.76 Å². The fourth-order valence-corrected chi connectivity index (χ4v) is 3.92. The molecule has 0 saturated carbocycles. The summed E-state index contributed by atoms with van der Waals surface area (Å²) in [4.78, 5) is 24.2. The highest BCUT2D eigenvalue weighted by Crippen LogP contribution is 2.36. The minimum atomic E-state index is -0.520. The number of esters is 1.